The molecule has 0 radical (unpaired) electrons. The molecule has 5 N–H and O–H groups in total. The van der Waals surface area contributed by atoms with Gasteiger partial charge in [0.1, 0.15) is 40.0 Å². The van der Waals surface area contributed by atoms with Gasteiger partial charge in [-0.2, -0.15) is 0 Å². The number of amides is 1. The molecule has 4 aromatic rings. The summed E-state index contributed by atoms with van der Waals surface area (Å²) in [7, 11) is 1.40. The number of benzene rings is 2. The number of hydrogen-bond acceptors (Lipinski definition) is 12. The van der Waals surface area contributed by atoms with Gasteiger partial charge in [0.2, 0.25) is 0 Å². The number of methoxy groups -OCH3 is 1. The van der Waals surface area contributed by atoms with E-state index in [0.717, 1.165) is 10.7 Å². The van der Waals surface area contributed by atoms with Gasteiger partial charge in [-0.25, -0.2) is 4.98 Å². The summed E-state index contributed by atoms with van der Waals surface area (Å²) in [6, 6.07) is -1.62. The van der Waals surface area contributed by atoms with E-state index in [4.69, 9.17) is 27.2 Å². The van der Waals surface area contributed by atoms with E-state index in [1.165, 1.54) is 53.0 Å². The third-order valence-electron chi connectivity index (χ3n) is 11.2. The van der Waals surface area contributed by atoms with E-state index in [2.05, 4.69) is 10.3 Å². The molecule has 5 bridgehead atoms. The molecule has 57 heavy (non-hydrogen) atoms. The number of hydrogen-bond donors (Lipinski definition) is 5. The molecular weight excluding hydrogens is 734 g/mol. The van der Waals surface area contributed by atoms with Gasteiger partial charge in [0.05, 0.1) is 39.6 Å². The molecule has 0 aliphatic carbocycles. The van der Waals surface area contributed by atoms with Crippen LogP contribution in [-0.2, 0) is 23.8 Å². The lowest BCUT2D eigenvalue weighted by molar-refractivity contribution is -0.160. The number of nitrogens with one attached hydrogen (secondary N) is 1. The number of pyridine rings is 1. The van der Waals surface area contributed by atoms with Crippen LogP contribution < -0.4 is 10.1 Å². The highest BCUT2D eigenvalue weighted by Gasteiger charge is 2.50. The number of Topliss-reactive ketones (excluding diaryl/α,β-unsaturated/α-hetero) is 1. The van der Waals surface area contributed by atoms with Crippen LogP contribution in [-0.4, -0.2) is 84.8 Å². The number of fused-ring (bicyclic) bond motifs is 14. The van der Waals surface area contributed by atoms with Crippen molar-refractivity contribution in [3.63, 3.8) is 0 Å². The number of ether oxygens (including phenoxy) is 4. The van der Waals surface area contributed by atoms with Crippen molar-refractivity contribution >= 4 is 50.8 Å². The fourth-order valence-electron chi connectivity index (χ4n) is 7.74. The Balaban J connectivity index is 1.66. The molecular formula is C43H51N3O11. The zero-order valence-corrected chi connectivity index (χ0v) is 33.0. The Bertz CT molecular complexity index is 2660. The number of phenols is 2. The minimum absolute atomic E-state index is 0.0317. The molecule has 5 heterocycles. The molecule has 0 fully saturated rings. The summed E-state index contributed by atoms with van der Waals surface area (Å²) in [6.45, 7) is 9.09. The predicted molar refractivity (Wildman–Crippen MR) is 213 cm³/mol. The second kappa shape index (κ2) is 15.5. The van der Waals surface area contributed by atoms with Crippen LogP contribution in [0.3, 0.4) is 0 Å². The van der Waals surface area contributed by atoms with Crippen LogP contribution in [0, 0.1) is 37.4 Å². The lowest BCUT2D eigenvalue weighted by Gasteiger charge is -2.38. The van der Waals surface area contributed by atoms with E-state index in [1.807, 2.05) is 0 Å². The number of carbonyl (C=O) groups excluding carboxylic acids is 3. The van der Waals surface area contributed by atoms with Gasteiger partial charge >= 0.3 is 11.8 Å². The summed E-state index contributed by atoms with van der Waals surface area (Å²) in [5, 5.41) is 48.8. The van der Waals surface area contributed by atoms with Crippen LogP contribution in [0.2, 0.25) is 0 Å². The Morgan fingerprint density at radius 3 is 2.44 bits per heavy atom. The topological polar surface area (TPSA) is 198 Å². The first-order chi connectivity index (χ1) is 29.3. The third kappa shape index (κ3) is 7.10. The Morgan fingerprint density at radius 2 is 1.77 bits per heavy atom. The number of aliphatic hydroxyl groups is 2. The van der Waals surface area contributed by atoms with Crippen LogP contribution in [0.25, 0.3) is 27.5 Å². The zero-order chi connectivity index (χ0) is 46.9. The molecule has 14 heteroatoms. The molecule has 304 valence electrons. The first-order valence-electron chi connectivity index (χ1n) is 21.5. The minimum atomic E-state index is -3.03. The van der Waals surface area contributed by atoms with E-state index in [0.29, 0.717) is 0 Å². The number of esters is 1. The minimum Gasteiger partial charge on any atom is -0.507 e. The van der Waals surface area contributed by atoms with Gasteiger partial charge in [-0.3, -0.25) is 18.8 Å². The van der Waals surface area contributed by atoms with Crippen LogP contribution in [0.5, 0.6) is 17.2 Å². The molecule has 9 atom stereocenters. The highest BCUT2D eigenvalue weighted by molar-refractivity contribution is 6.28. The molecule has 2 aromatic heterocycles. The lowest BCUT2D eigenvalue weighted by atomic mass is 9.78. The molecule has 0 saturated carbocycles. The van der Waals surface area contributed by atoms with Crippen molar-refractivity contribution in [1.82, 2.24) is 9.38 Å². The van der Waals surface area contributed by atoms with Crippen LogP contribution >= 0.6 is 0 Å². The summed E-state index contributed by atoms with van der Waals surface area (Å²) in [5.41, 5.74) is -2.53. The molecule has 14 nitrogen and oxygen atoms in total. The number of carbonyl (C=O) groups is 3. The van der Waals surface area contributed by atoms with Gasteiger partial charge in [-0.15, -0.1) is 0 Å². The molecule has 1 amide bonds. The molecule has 7 rings (SSSR count). The number of imidazole rings is 1. The van der Waals surface area contributed by atoms with Crippen LogP contribution in [0.15, 0.2) is 54.4 Å². The molecule has 1 unspecified atom stereocenters. The van der Waals surface area contributed by atoms with Crippen molar-refractivity contribution in [2.24, 2.45) is 23.7 Å². The van der Waals surface area contributed by atoms with Crippen molar-refractivity contribution in [2.75, 3.05) is 12.4 Å². The first-order valence-corrected chi connectivity index (χ1v) is 18.5. The molecule has 0 spiro atoms. The summed E-state index contributed by atoms with van der Waals surface area (Å²) in [6.07, 6.45) is 2.21. The van der Waals surface area contributed by atoms with Gasteiger partial charge in [0.15, 0.2) is 5.75 Å². The summed E-state index contributed by atoms with van der Waals surface area (Å²) < 4.78 is 75.2. The van der Waals surface area contributed by atoms with Crippen molar-refractivity contribution in [2.45, 2.75) is 92.4 Å². The maximum Gasteiger partial charge on any atom is 0.312 e. The first kappa shape index (κ1) is 33.7. The van der Waals surface area contributed by atoms with Gasteiger partial charge in [-0.1, -0.05) is 45.9 Å². The van der Waals surface area contributed by atoms with E-state index >= 15 is 0 Å². The zero-order valence-electron chi connectivity index (χ0n) is 39.0. The molecule has 2 aromatic carbocycles. The number of allylic oxidation sites excluding steroid dienone is 2. The average Bonchev–Trinajstić information content (AvgIpc) is 3.74. The van der Waals surface area contributed by atoms with Crippen molar-refractivity contribution < 1.29 is 62.0 Å². The smallest absolute Gasteiger partial charge is 0.312 e. The molecule has 0 saturated heterocycles. The second-order valence-electron chi connectivity index (χ2n) is 15.1. The summed E-state index contributed by atoms with van der Waals surface area (Å²) in [4.78, 5) is 45.6. The fourth-order valence-corrected chi connectivity index (χ4v) is 7.74. The number of nitrogens with zero attached hydrogens (tertiary/aromatic N) is 2. The molecule has 3 aliphatic rings. The van der Waals surface area contributed by atoms with Crippen LogP contribution in [0.1, 0.15) is 78.2 Å². The van der Waals surface area contributed by atoms with Gasteiger partial charge in [0.25, 0.3) is 11.7 Å². The Kier molecular flexibility index (Phi) is 9.15. The fraction of sp³-hybridized carbons (Fsp3) is 0.442. The van der Waals surface area contributed by atoms with Crippen LogP contribution in [0.4, 0.5) is 5.69 Å². The lowest BCUT2D eigenvalue weighted by Crippen LogP contribution is -2.46. The number of ketones is 1. The highest BCUT2D eigenvalue weighted by Crippen LogP contribution is 2.54. The van der Waals surface area contributed by atoms with E-state index in [9.17, 15) is 34.8 Å². The Morgan fingerprint density at radius 1 is 1.05 bits per heavy atom. The van der Waals surface area contributed by atoms with E-state index in [-0.39, 0.29) is 44.3 Å². The summed E-state index contributed by atoms with van der Waals surface area (Å²) >= 11 is 0. The maximum atomic E-state index is 14.7. The highest BCUT2D eigenvalue weighted by atomic mass is 16.7. The number of anilines is 1. The standard InChI is InChI=1S/C43H51N3O11/c1-19-14-16-46-28(18-19)44-32-29-30-37(50)25(7)40-31(29)41(52)43(9,57-40)55-17-15-27(54-10)22(4)39(56-26(8)47)24(6)36(49)23(5)35(48)20(2)12-11-13-21(3)42(53)45-33(34(32)46)38(30)51/h11-18,20,22-24,27,35-36,39,48-51H,1-10H3,(H,45,53)/b12-11+,17-15+,21-13-/t20-,22+,23?,24+,27-,35-,36+,39+,43-/m0/s1/i1D3,14D,16D,18D. The predicted octanol–water partition coefficient (Wildman–Crippen LogP) is 6.16. The number of phenolic OH excluding ortho intramolecular Hbond substituents is 2. The largest absolute Gasteiger partial charge is 0.507 e. The van der Waals surface area contributed by atoms with E-state index < -0.39 is 125 Å². The average molecular weight is 792 g/mol. The normalized spacial score (nSPS) is 32.6. The Hall–Kier alpha value is -5.44. The SMILES string of the molecule is [2H]c1c(C([2H])([2H])[2H])c([2H])c2nc3c4c5c6c(C)c(O)c4c(O)c(c3n2c1[2H])NC(=O)/C(C)=C\C=C\[C@H](C)[C@H](O)C(C)[C@@H](O)[C@@H](C)[C@H](OC(C)=O)[C@H](C)[C@@H](OC)/C=C/O[C@@](C)(O6)C5=O. The summed E-state index contributed by atoms with van der Waals surface area (Å²) in [5.74, 6) is -8.76. The number of rotatable bonds is 2. The van der Waals surface area contributed by atoms with Gasteiger partial charge in [-0.05, 0) is 44.4 Å². The monoisotopic (exact) mass is 791 g/mol. The maximum absolute atomic E-state index is 14.7. The molecule has 3 aliphatic heterocycles. The van der Waals surface area contributed by atoms with Gasteiger partial charge < -0.3 is 44.7 Å². The number of aromatic hydroxyl groups is 2. The van der Waals surface area contributed by atoms with Crippen molar-refractivity contribution in [1.29, 1.82) is 0 Å². The second-order valence-corrected chi connectivity index (χ2v) is 15.1. The quantitative estimate of drug-likeness (QED) is 0.115. The van der Waals surface area contributed by atoms with Crippen molar-refractivity contribution in [3.05, 3.63) is 71.1 Å². The van der Waals surface area contributed by atoms with Crippen molar-refractivity contribution in [3.8, 4) is 17.2 Å². The number of aromatic nitrogens is 2. The van der Waals surface area contributed by atoms with E-state index in [1.54, 1.807) is 33.8 Å². The Labute approximate surface area is 338 Å². The third-order valence-corrected chi connectivity index (χ3v) is 11.2. The number of aliphatic hydroxyl groups excluding tert-OH is 2. The van der Waals surface area contributed by atoms with Gasteiger partial charge in [0, 0.05) is 71.4 Å².